The van der Waals surface area contributed by atoms with Crippen LogP contribution in [-0.4, -0.2) is 20.8 Å². The van der Waals surface area contributed by atoms with Crippen LogP contribution in [0.15, 0.2) is 65.0 Å². The van der Waals surface area contributed by atoms with Crippen molar-refractivity contribution in [1.82, 2.24) is 9.78 Å². The summed E-state index contributed by atoms with van der Waals surface area (Å²) in [6.07, 6.45) is 1.90. The van der Waals surface area contributed by atoms with Crippen molar-refractivity contribution in [1.29, 1.82) is 0 Å². The average molecular weight is 370 g/mol. The van der Waals surface area contributed by atoms with Crippen LogP contribution in [-0.2, 0) is 4.79 Å². The minimum atomic E-state index is -0.243. The maximum Gasteiger partial charge on any atom is 0.224 e. The molecule has 26 heavy (non-hydrogen) atoms. The highest BCUT2D eigenvalue weighted by Crippen LogP contribution is 2.37. The highest BCUT2D eigenvalue weighted by Gasteiger charge is 2.11. The molecule has 2 aromatic carbocycles. The van der Waals surface area contributed by atoms with E-state index in [-0.39, 0.29) is 28.8 Å². The van der Waals surface area contributed by atoms with E-state index in [0.29, 0.717) is 11.5 Å². The van der Waals surface area contributed by atoms with Gasteiger partial charge in [-0.15, -0.1) is 10.2 Å². The lowest BCUT2D eigenvalue weighted by Crippen LogP contribution is -2.09. The van der Waals surface area contributed by atoms with Gasteiger partial charge >= 0.3 is 0 Å². The maximum atomic E-state index is 11.6. The molecule has 1 heterocycles. The van der Waals surface area contributed by atoms with E-state index < -0.39 is 0 Å². The Morgan fingerprint density at radius 1 is 1.23 bits per heavy atom. The standard InChI is InChI=1S/C18H16ClN5O2/c1-2-17(25)21-15-11-12(10-14(19)18(15)26)22-23-16-8-9-20-24(16)13-6-4-3-5-7-13/h3-11,26H,2H2,1H3,(H,21,25). The van der Waals surface area contributed by atoms with Gasteiger partial charge in [0.2, 0.25) is 5.91 Å². The second-order valence-electron chi connectivity index (χ2n) is 5.36. The van der Waals surface area contributed by atoms with Gasteiger partial charge in [-0.05, 0) is 24.3 Å². The van der Waals surface area contributed by atoms with Crippen LogP contribution in [0.1, 0.15) is 13.3 Å². The third-order valence-corrected chi connectivity index (χ3v) is 3.82. The lowest BCUT2D eigenvalue weighted by Gasteiger charge is -2.08. The first-order valence-corrected chi connectivity index (χ1v) is 8.30. The molecule has 0 unspecified atom stereocenters. The molecule has 0 fully saturated rings. The van der Waals surface area contributed by atoms with Crippen molar-refractivity contribution in [2.24, 2.45) is 10.2 Å². The number of rotatable bonds is 5. The van der Waals surface area contributed by atoms with Crippen LogP contribution in [0.25, 0.3) is 5.69 Å². The molecule has 0 spiro atoms. The number of hydrogen-bond donors (Lipinski definition) is 2. The van der Waals surface area contributed by atoms with Gasteiger partial charge < -0.3 is 10.4 Å². The number of nitrogens with zero attached hydrogens (tertiary/aromatic N) is 4. The summed E-state index contributed by atoms with van der Waals surface area (Å²) in [5, 5.41) is 25.2. The van der Waals surface area contributed by atoms with Crippen LogP contribution in [0.5, 0.6) is 5.75 Å². The molecular weight excluding hydrogens is 354 g/mol. The number of carbonyl (C=O) groups is 1. The molecule has 0 bridgehead atoms. The first kappa shape index (κ1) is 17.6. The minimum absolute atomic E-state index is 0.0735. The van der Waals surface area contributed by atoms with Crippen molar-refractivity contribution in [3.63, 3.8) is 0 Å². The van der Waals surface area contributed by atoms with Gasteiger partial charge in [0.15, 0.2) is 11.6 Å². The lowest BCUT2D eigenvalue weighted by molar-refractivity contribution is -0.115. The number of carbonyl (C=O) groups excluding carboxylic acids is 1. The number of aromatic nitrogens is 2. The maximum absolute atomic E-state index is 11.6. The third-order valence-electron chi connectivity index (χ3n) is 3.53. The van der Waals surface area contributed by atoms with Gasteiger partial charge in [0.1, 0.15) is 0 Å². The molecule has 132 valence electrons. The zero-order valence-electron chi connectivity index (χ0n) is 13.9. The summed E-state index contributed by atoms with van der Waals surface area (Å²) in [4.78, 5) is 11.6. The van der Waals surface area contributed by atoms with Crippen molar-refractivity contribution in [3.05, 3.63) is 59.8 Å². The van der Waals surface area contributed by atoms with E-state index in [1.165, 1.54) is 12.1 Å². The third kappa shape index (κ3) is 3.89. The van der Waals surface area contributed by atoms with E-state index >= 15 is 0 Å². The fourth-order valence-corrected chi connectivity index (χ4v) is 2.44. The highest BCUT2D eigenvalue weighted by molar-refractivity contribution is 6.32. The van der Waals surface area contributed by atoms with E-state index in [0.717, 1.165) is 5.69 Å². The summed E-state index contributed by atoms with van der Waals surface area (Å²) >= 11 is 6.01. The van der Waals surface area contributed by atoms with Crippen molar-refractivity contribution in [2.75, 3.05) is 5.32 Å². The van der Waals surface area contributed by atoms with Gasteiger partial charge in [0, 0.05) is 12.5 Å². The van der Waals surface area contributed by atoms with Crippen molar-refractivity contribution < 1.29 is 9.90 Å². The molecule has 0 saturated heterocycles. The van der Waals surface area contributed by atoms with E-state index in [9.17, 15) is 9.90 Å². The van der Waals surface area contributed by atoms with Crippen LogP contribution in [0.2, 0.25) is 5.02 Å². The van der Waals surface area contributed by atoms with Crippen molar-refractivity contribution >= 4 is 34.7 Å². The number of anilines is 1. The molecule has 1 aromatic heterocycles. The number of amides is 1. The Bertz CT molecular complexity index is 953. The Hall–Kier alpha value is -3.19. The molecular formula is C18H16ClN5O2. The van der Waals surface area contributed by atoms with Gasteiger partial charge in [0.25, 0.3) is 0 Å². The van der Waals surface area contributed by atoms with Crippen molar-refractivity contribution in [3.8, 4) is 11.4 Å². The molecule has 2 N–H and O–H groups in total. The number of para-hydroxylation sites is 1. The fourth-order valence-electron chi connectivity index (χ4n) is 2.23. The van der Waals surface area contributed by atoms with Gasteiger partial charge in [-0.25, -0.2) is 4.68 Å². The summed E-state index contributed by atoms with van der Waals surface area (Å²) < 4.78 is 1.64. The minimum Gasteiger partial charge on any atom is -0.504 e. The Kier molecular flexibility index (Phi) is 5.28. The van der Waals surface area contributed by atoms with E-state index in [1.807, 2.05) is 30.3 Å². The molecule has 0 aliphatic heterocycles. The number of phenols is 1. The number of phenolic OH excluding ortho intramolecular Hbond substituents is 1. The number of azo groups is 1. The zero-order chi connectivity index (χ0) is 18.5. The molecule has 0 saturated carbocycles. The van der Waals surface area contributed by atoms with E-state index in [2.05, 4.69) is 20.6 Å². The predicted molar refractivity (Wildman–Crippen MR) is 99.8 cm³/mol. The Labute approximate surface area is 155 Å². The van der Waals surface area contributed by atoms with Gasteiger partial charge in [-0.2, -0.15) is 5.10 Å². The topological polar surface area (TPSA) is 91.9 Å². The van der Waals surface area contributed by atoms with E-state index in [1.54, 1.807) is 23.9 Å². The number of hydrogen-bond acceptors (Lipinski definition) is 5. The number of benzene rings is 2. The molecule has 0 aliphatic carbocycles. The zero-order valence-corrected chi connectivity index (χ0v) is 14.7. The molecule has 1 amide bonds. The Morgan fingerprint density at radius 2 is 2.00 bits per heavy atom. The second-order valence-corrected chi connectivity index (χ2v) is 5.77. The predicted octanol–water partition coefficient (Wildman–Crippen LogP) is 5.00. The van der Waals surface area contributed by atoms with Crippen LogP contribution in [0.3, 0.4) is 0 Å². The fraction of sp³-hybridized carbons (Fsp3) is 0.111. The van der Waals surface area contributed by atoms with Crippen LogP contribution >= 0.6 is 11.6 Å². The molecule has 7 nitrogen and oxygen atoms in total. The van der Waals surface area contributed by atoms with Gasteiger partial charge in [-0.3, -0.25) is 4.79 Å². The molecule has 3 aromatic rings. The van der Waals surface area contributed by atoms with Crippen LogP contribution in [0.4, 0.5) is 17.2 Å². The first-order valence-electron chi connectivity index (χ1n) is 7.92. The molecule has 0 aliphatic rings. The molecule has 0 radical (unpaired) electrons. The lowest BCUT2D eigenvalue weighted by atomic mass is 10.2. The summed E-state index contributed by atoms with van der Waals surface area (Å²) in [7, 11) is 0. The van der Waals surface area contributed by atoms with Crippen molar-refractivity contribution in [2.45, 2.75) is 13.3 Å². The summed E-state index contributed by atoms with van der Waals surface area (Å²) in [6, 6.07) is 14.2. The van der Waals surface area contributed by atoms with Crippen LogP contribution in [0, 0.1) is 0 Å². The summed E-state index contributed by atoms with van der Waals surface area (Å²) in [5.41, 5.74) is 1.43. The van der Waals surface area contributed by atoms with Gasteiger partial charge in [-0.1, -0.05) is 36.7 Å². The highest BCUT2D eigenvalue weighted by atomic mass is 35.5. The Morgan fingerprint density at radius 3 is 2.73 bits per heavy atom. The van der Waals surface area contributed by atoms with Gasteiger partial charge in [0.05, 0.1) is 28.3 Å². The summed E-state index contributed by atoms with van der Waals surface area (Å²) in [5.74, 6) is 0.0777. The Balaban J connectivity index is 1.90. The van der Waals surface area contributed by atoms with E-state index in [4.69, 9.17) is 11.6 Å². The van der Waals surface area contributed by atoms with Crippen LogP contribution < -0.4 is 5.32 Å². The quantitative estimate of drug-likeness (QED) is 0.490. The molecule has 3 rings (SSSR count). The smallest absolute Gasteiger partial charge is 0.224 e. The SMILES string of the molecule is CCC(=O)Nc1cc(N=Nc2ccnn2-c2ccccc2)cc(Cl)c1O. The number of aromatic hydroxyl groups is 1. The molecule has 0 atom stereocenters. The monoisotopic (exact) mass is 369 g/mol. The second kappa shape index (κ2) is 7.79. The average Bonchev–Trinajstić information content (AvgIpc) is 3.13. The molecule has 8 heteroatoms. The number of halogens is 1. The largest absolute Gasteiger partial charge is 0.504 e. The number of nitrogens with one attached hydrogen (secondary N) is 1. The normalized spacial score (nSPS) is 11.0. The summed E-state index contributed by atoms with van der Waals surface area (Å²) in [6.45, 7) is 1.71. The first-order chi connectivity index (χ1) is 12.6.